The predicted octanol–water partition coefficient (Wildman–Crippen LogP) is 9.88. The predicted molar refractivity (Wildman–Crippen MR) is 169 cm³/mol. The first-order valence-corrected chi connectivity index (χ1v) is 18.2. The summed E-state index contributed by atoms with van der Waals surface area (Å²) in [5, 5.41) is 5.40. The van der Waals surface area contributed by atoms with Crippen molar-refractivity contribution in [2.75, 3.05) is 0 Å². The first-order chi connectivity index (χ1) is 19.7. The van der Waals surface area contributed by atoms with Gasteiger partial charge >= 0.3 is 245 Å². The second kappa shape index (κ2) is 9.47. The molecule has 0 aliphatic heterocycles. The molecule has 0 bridgehead atoms. The summed E-state index contributed by atoms with van der Waals surface area (Å²) in [6.45, 7) is 4.84. The molecule has 0 heterocycles. The minimum absolute atomic E-state index is 0.461. The molecule has 0 amide bonds. The van der Waals surface area contributed by atoms with Gasteiger partial charge in [-0.1, -0.05) is 0 Å². The molecule has 3 aliphatic carbocycles. The Morgan fingerprint density at radius 2 is 1.40 bits per heavy atom. The zero-order valence-electron chi connectivity index (χ0n) is 22.9. The van der Waals surface area contributed by atoms with Gasteiger partial charge in [0.2, 0.25) is 0 Å². The van der Waals surface area contributed by atoms with Crippen LogP contribution in [-0.2, 0) is 27.7 Å². The summed E-state index contributed by atoms with van der Waals surface area (Å²) in [6, 6.07) is 38.4. The van der Waals surface area contributed by atoms with E-state index in [2.05, 4.69) is 141 Å². The monoisotopic (exact) mass is 588 g/mol. The van der Waals surface area contributed by atoms with Gasteiger partial charge in [-0.3, -0.25) is 0 Å². The fourth-order valence-electron chi connectivity index (χ4n) is 7.24. The van der Waals surface area contributed by atoms with E-state index < -0.39 is 21.3 Å². The Morgan fingerprint density at radius 1 is 0.675 bits per heavy atom. The van der Waals surface area contributed by atoms with Crippen molar-refractivity contribution >= 4 is 42.0 Å². The SMILES string of the molecule is C[C](C)=[Zr]([C]1=CC=C2C1=CCc1ccc3ccccc3c12)[CH]1C(c2cccc3ccccc23)=Cc2ccccc21. The van der Waals surface area contributed by atoms with Crippen LogP contribution < -0.4 is 0 Å². The van der Waals surface area contributed by atoms with Crippen LogP contribution in [-0.4, -0.2) is 3.21 Å². The van der Waals surface area contributed by atoms with Crippen molar-refractivity contribution in [3.8, 4) is 0 Å². The normalized spacial score (nSPS) is 17.0. The molecule has 40 heavy (non-hydrogen) atoms. The van der Waals surface area contributed by atoms with Crippen molar-refractivity contribution < 1.29 is 21.3 Å². The van der Waals surface area contributed by atoms with Gasteiger partial charge < -0.3 is 0 Å². The van der Waals surface area contributed by atoms with Gasteiger partial charge in [0.1, 0.15) is 0 Å². The second-order valence-corrected chi connectivity index (χ2v) is 18.6. The van der Waals surface area contributed by atoms with E-state index in [-0.39, 0.29) is 0 Å². The maximum absolute atomic E-state index is 2.54. The van der Waals surface area contributed by atoms with Crippen LogP contribution in [0.3, 0.4) is 0 Å². The number of hydrogen-bond donors (Lipinski definition) is 0. The van der Waals surface area contributed by atoms with Crippen LogP contribution in [0.25, 0.3) is 38.8 Å². The number of hydrogen-bond acceptors (Lipinski definition) is 0. The maximum atomic E-state index is 2.54. The van der Waals surface area contributed by atoms with E-state index in [0.717, 1.165) is 6.42 Å². The van der Waals surface area contributed by atoms with Crippen LogP contribution in [0, 0.1) is 0 Å². The Balaban J connectivity index is 1.29. The fraction of sp³-hybridized carbons (Fsp3) is 0.103. The van der Waals surface area contributed by atoms with E-state index >= 15 is 0 Å². The van der Waals surface area contributed by atoms with Crippen LogP contribution in [0.4, 0.5) is 0 Å². The quantitative estimate of drug-likeness (QED) is 0.196. The Hall–Kier alpha value is -3.67. The molecule has 0 saturated carbocycles. The fourth-order valence-corrected chi connectivity index (χ4v) is 15.5. The molecule has 0 aromatic heterocycles. The van der Waals surface area contributed by atoms with Crippen LogP contribution in [0.15, 0.2) is 130 Å². The van der Waals surface area contributed by atoms with Crippen molar-refractivity contribution in [3.05, 3.63) is 158 Å². The molecule has 1 heteroatoms. The third-order valence-electron chi connectivity index (χ3n) is 8.95. The van der Waals surface area contributed by atoms with E-state index in [1.54, 1.807) is 6.49 Å². The Kier molecular flexibility index (Phi) is 5.72. The molecular formula is C39H30Zr. The first-order valence-electron chi connectivity index (χ1n) is 14.3. The summed E-state index contributed by atoms with van der Waals surface area (Å²) < 4.78 is 3.77. The summed E-state index contributed by atoms with van der Waals surface area (Å²) in [7, 11) is 0. The summed E-state index contributed by atoms with van der Waals surface area (Å²) in [5.74, 6) is 0. The minimum atomic E-state index is -2.44. The number of allylic oxidation sites excluding steroid dienone is 7. The standard InChI is InChI=1S/C19H13.C17H11.C3H6.Zr/c1-2-8-16-13-17(12-15(16)7-1)19-11-5-9-14-6-3-4-10-18(14)19;1-2-6-15-12(4-1)8-10-14-11-9-13-5-3-7-16(13)17(14)15;1-3-2;/h1-13H;1-4,6-10H,11H2;1-2H3;. The van der Waals surface area contributed by atoms with E-state index in [0.29, 0.717) is 3.63 Å². The van der Waals surface area contributed by atoms with Crippen molar-refractivity contribution in [1.82, 2.24) is 0 Å². The van der Waals surface area contributed by atoms with Crippen LogP contribution in [0.2, 0.25) is 0 Å². The second-order valence-electron chi connectivity index (χ2n) is 11.4. The topological polar surface area (TPSA) is 0 Å². The van der Waals surface area contributed by atoms with E-state index in [1.165, 1.54) is 66.1 Å². The molecule has 0 spiro atoms. The zero-order valence-corrected chi connectivity index (χ0v) is 25.4. The van der Waals surface area contributed by atoms with Crippen LogP contribution >= 0.6 is 0 Å². The third-order valence-corrected chi connectivity index (χ3v) is 17.0. The molecule has 0 N–H and O–H groups in total. The molecule has 5 aromatic carbocycles. The zero-order chi connectivity index (χ0) is 26.8. The first kappa shape index (κ1) is 24.2. The van der Waals surface area contributed by atoms with Gasteiger partial charge in [-0.15, -0.1) is 0 Å². The average molecular weight is 590 g/mol. The molecule has 3 aliphatic rings. The molecule has 5 aromatic rings. The van der Waals surface area contributed by atoms with Crippen molar-refractivity contribution in [2.45, 2.75) is 23.9 Å². The van der Waals surface area contributed by atoms with Gasteiger partial charge in [0.15, 0.2) is 0 Å². The van der Waals surface area contributed by atoms with E-state index in [1.807, 2.05) is 0 Å². The van der Waals surface area contributed by atoms with E-state index in [9.17, 15) is 0 Å². The van der Waals surface area contributed by atoms with Gasteiger partial charge in [-0.05, 0) is 0 Å². The molecule has 1 unspecified atom stereocenters. The van der Waals surface area contributed by atoms with E-state index in [4.69, 9.17) is 0 Å². The summed E-state index contributed by atoms with van der Waals surface area (Å²) in [5.41, 5.74) is 11.7. The molecular weight excluding hydrogens is 560 g/mol. The Labute approximate surface area is 243 Å². The summed E-state index contributed by atoms with van der Waals surface area (Å²) >= 11 is -2.44. The molecule has 0 radical (unpaired) electrons. The molecule has 0 fully saturated rings. The Morgan fingerprint density at radius 3 is 2.25 bits per heavy atom. The van der Waals surface area contributed by atoms with Gasteiger partial charge in [0.25, 0.3) is 0 Å². The van der Waals surface area contributed by atoms with Crippen molar-refractivity contribution in [2.24, 2.45) is 0 Å². The third kappa shape index (κ3) is 3.64. The molecule has 1 atom stereocenters. The van der Waals surface area contributed by atoms with Gasteiger partial charge in [-0.2, -0.15) is 0 Å². The van der Waals surface area contributed by atoms with Crippen LogP contribution in [0.5, 0.6) is 0 Å². The van der Waals surface area contributed by atoms with Gasteiger partial charge in [0, 0.05) is 0 Å². The Bertz CT molecular complexity index is 2030. The molecule has 0 saturated heterocycles. The molecule has 190 valence electrons. The molecule has 0 nitrogen and oxygen atoms in total. The number of benzene rings is 5. The number of rotatable bonds is 3. The summed E-state index contributed by atoms with van der Waals surface area (Å²) in [4.78, 5) is 0. The average Bonchev–Trinajstić information content (AvgIpc) is 3.59. The van der Waals surface area contributed by atoms with Crippen molar-refractivity contribution in [1.29, 1.82) is 0 Å². The van der Waals surface area contributed by atoms with Crippen LogP contribution in [0.1, 0.15) is 45.3 Å². The van der Waals surface area contributed by atoms with Gasteiger partial charge in [0.05, 0.1) is 0 Å². The molecule has 8 rings (SSSR count). The van der Waals surface area contributed by atoms with Gasteiger partial charge in [-0.25, -0.2) is 0 Å². The number of fused-ring (bicyclic) bond motifs is 7. The van der Waals surface area contributed by atoms with Crippen molar-refractivity contribution in [3.63, 3.8) is 0 Å². The summed E-state index contributed by atoms with van der Waals surface area (Å²) in [6.07, 6.45) is 11.0.